The first-order valence-electron chi connectivity index (χ1n) is 6.91. The molecule has 2 N–H and O–H groups in total. The molecule has 3 amide bonds. The number of aliphatic carboxylic acids is 1. The van der Waals surface area contributed by atoms with Gasteiger partial charge in [0.15, 0.2) is 0 Å². The van der Waals surface area contributed by atoms with Crippen LogP contribution < -0.4 is 5.32 Å². The summed E-state index contributed by atoms with van der Waals surface area (Å²) < 4.78 is 0. The Hall–Kier alpha value is -1.79. The van der Waals surface area contributed by atoms with Crippen LogP contribution in [0.5, 0.6) is 0 Å². The molecule has 0 aromatic carbocycles. The Kier molecular flexibility index (Phi) is 5.35. The highest BCUT2D eigenvalue weighted by atomic mass is 16.4. The number of rotatable bonds is 5. The fourth-order valence-electron chi connectivity index (χ4n) is 2.47. The van der Waals surface area contributed by atoms with E-state index in [-0.39, 0.29) is 12.5 Å². The van der Waals surface area contributed by atoms with Gasteiger partial charge in [-0.25, -0.2) is 9.59 Å². The van der Waals surface area contributed by atoms with Crippen LogP contribution in [0.3, 0.4) is 0 Å². The second-order valence-electron chi connectivity index (χ2n) is 5.01. The van der Waals surface area contributed by atoms with Gasteiger partial charge >= 0.3 is 12.0 Å². The van der Waals surface area contributed by atoms with Gasteiger partial charge < -0.3 is 20.2 Å². The fourth-order valence-corrected chi connectivity index (χ4v) is 2.47. The molecule has 0 spiro atoms. The van der Waals surface area contributed by atoms with Crippen molar-refractivity contribution in [1.82, 2.24) is 15.1 Å². The Morgan fingerprint density at radius 2 is 2.00 bits per heavy atom. The van der Waals surface area contributed by atoms with Crippen molar-refractivity contribution in [2.24, 2.45) is 0 Å². The predicted octanol–water partition coefficient (Wildman–Crippen LogP) is 0.504. The van der Waals surface area contributed by atoms with Gasteiger partial charge in [-0.15, -0.1) is 0 Å². The van der Waals surface area contributed by atoms with E-state index in [9.17, 15) is 19.5 Å². The van der Waals surface area contributed by atoms with E-state index in [2.05, 4.69) is 5.32 Å². The standard InChI is InChI=1S/C13H23N3O4/c1-4-13(11(18)19)7-6-8-16(13)12(20)14-9-10(17)15(3)5-2/h4-9H2,1-3H3,(H,14,20)(H,18,19). The molecular formula is C13H23N3O4. The van der Waals surface area contributed by atoms with Crippen molar-refractivity contribution in [3.63, 3.8) is 0 Å². The molecule has 1 aliphatic rings. The number of carboxylic acids is 1. The van der Waals surface area contributed by atoms with E-state index in [1.54, 1.807) is 14.0 Å². The maximum absolute atomic E-state index is 12.1. The van der Waals surface area contributed by atoms with Crippen molar-refractivity contribution in [3.05, 3.63) is 0 Å². The van der Waals surface area contributed by atoms with E-state index in [0.29, 0.717) is 32.4 Å². The number of likely N-dealkylation sites (tertiary alicyclic amines) is 1. The van der Waals surface area contributed by atoms with E-state index >= 15 is 0 Å². The lowest BCUT2D eigenvalue weighted by molar-refractivity contribution is -0.148. The molecule has 1 unspecified atom stereocenters. The van der Waals surface area contributed by atoms with Crippen LogP contribution in [0.4, 0.5) is 4.79 Å². The molecule has 0 radical (unpaired) electrons. The van der Waals surface area contributed by atoms with Crippen LogP contribution >= 0.6 is 0 Å². The summed E-state index contributed by atoms with van der Waals surface area (Å²) in [6.45, 7) is 4.46. The number of nitrogens with one attached hydrogen (secondary N) is 1. The quantitative estimate of drug-likeness (QED) is 0.770. The first-order valence-corrected chi connectivity index (χ1v) is 6.91. The third kappa shape index (κ3) is 3.02. The topological polar surface area (TPSA) is 90.0 Å². The van der Waals surface area contributed by atoms with Gasteiger partial charge in [-0.3, -0.25) is 4.79 Å². The molecule has 0 aromatic rings. The van der Waals surface area contributed by atoms with Crippen molar-refractivity contribution in [2.45, 2.75) is 38.6 Å². The number of carbonyl (C=O) groups excluding carboxylic acids is 2. The number of amides is 3. The second-order valence-corrected chi connectivity index (χ2v) is 5.01. The summed E-state index contributed by atoms with van der Waals surface area (Å²) in [5.41, 5.74) is -1.14. The zero-order valence-corrected chi connectivity index (χ0v) is 12.3. The summed E-state index contributed by atoms with van der Waals surface area (Å²) in [6, 6.07) is -0.482. The van der Waals surface area contributed by atoms with Crippen LogP contribution in [-0.2, 0) is 9.59 Å². The highest BCUT2D eigenvalue weighted by Gasteiger charge is 2.48. The number of nitrogens with zero attached hydrogens (tertiary/aromatic N) is 2. The molecule has 0 aromatic heterocycles. The third-order valence-electron chi connectivity index (χ3n) is 4.01. The Balaban J connectivity index is 2.67. The van der Waals surface area contributed by atoms with Crippen molar-refractivity contribution in [2.75, 3.05) is 26.7 Å². The molecule has 0 saturated carbocycles. The van der Waals surface area contributed by atoms with Gasteiger partial charge in [-0.1, -0.05) is 6.92 Å². The van der Waals surface area contributed by atoms with Crippen LogP contribution in [0.25, 0.3) is 0 Å². The number of carboxylic acid groups (broad SMARTS) is 1. The van der Waals surface area contributed by atoms with E-state index < -0.39 is 17.5 Å². The van der Waals surface area contributed by atoms with Gasteiger partial charge in [-0.05, 0) is 26.2 Å². The monoisotopic (exact) mass is 285 g/mol. The molecule has 0 aliphatic carbocycles. The average Bonchev–Trinajstić information content (AvgIpc) is 2.88. The SMILES string of the molecule is CCN(C)C(=O)CNC(=O)N1CCCC1(CC)C(=O)O. The number of hydrogen-bond acceptors (Lipinski definition) is 3. The Labute approximate surface area is 118 Å². The molecular weight excluding hydrogens is 262 g/mol. The molecule has 1 aliphatic heterocycles. The summed E-state index contributed by atoms with van der Waals surface area (Å²) in [4.78, 5) is 38.1. The average molecular weight is 285 g/mol. The van der Waals surface area contributed by atoms with Gasteiger partial charge in [0, 0.05) is 20.1 Å². The Morgan fingerprint density at radius 3 is 2.50 bits per heavy atom. The first-order chi connectivity index (χ1) is 9.39. The minimum absolute atomic E-state index is 0.112. The van der Waals surface area contributed by atoms with Crippen molar-refractivity contribution in [1.29, 1.82) is 0 Å². The van der Waals surface area contributed by atoms with Crippen LogP contribution in [0.1, 0.15) is 33.1 Å². The van der Waals surface area contributed by atoms with Gasteiger partial charge in [0.05, 0.1) is 6.54 Å². The zero-order chi connectivity index (χ0) is 15.3. The van der Waals surface area contributed by atoms with E-state index in [1.165, 1.54) is 9.80 Å². The summed E-state index contributed by atoms with van der Waals surface area (Å²) in [5.74, 6) is -1.18. The smallest absolute Gasteiger partial charge is 0.329 e. The molecule has 1 fully saturated rings. The van der Waals surface area contributed by atoms with Gasteiger partial charge in [0.2, 0.25) is 5.91 Å². The van der Waals surface area contributed by atoms with E-state index in [0.717, 1.165) is 0 Å². The molecule has 7 nitrogen and oxygen atoms in total. The minimum atomic E-state index is -1.14. The van der Waals surface area contributed by atoms with Gasteiger partial charge in [-0.2, -0.15) is 0 Å². The number of likely N-dealkylation sites (N-methyl/N-ethyl adjacent to an activating group) is 1. The number of hydrogen-bond donors (Lipinski definition) is 2. The van der Waals surface area contributed by atoms with Gasteiger partial charge in [0.1, 0.15) is 5.54 Å². The minimum Gasteiger partial charge on any atom is -0.479 e. The fraction of sp³-hybridized carbons (Fsp3) is 0.769. The molecule has 114 valence electrons. The molecule has 20 heavy (non-hydrogen) atoms. The lowest BCUT2D eigenvalue weighted by Crippen LogP contribution is -2.56. The normalized spacial score (nSPS) is 21.6. The molecule has 1 saturated heterocycles. The maximum Gasteiger partial charge on any atom is 0.329 e. The van der Waals surface area contributed by atoms with Gasteiger partial charge in [0.25, 0.3) is 0 Å². The van der Waals surface area contributed by atoms with Crippen molar-refractivity contribution >= 4 is 17.9 Å². The zero-order valence-electron chi connectivity index (χ0n) is 12.3. The van der Waals surface area contributed by atoms with Crippen molar-refractivity contribution in [3.8, 4) is 0 Å². The summed E-state index contributed by atoms with van der Waals surface area (Å²) >= 11 is 0. The summed E-state index contributed by atoms with van der Waals surface area (Å²) in [5, 5.41) is 11.9. The van der Waals surface area contributed by atoms with E-state index in [4.69, 9.17) is 0 Å². The van der Waals surface area contributed by atoms with E-state index in [1.807, 2.05) is 6.92 Å². The Morgan fingerprint density at radius 1 is 1.35 bits per heavy atom. The largest absolute Gasteiger partial charge is 0.479 e. The first kappa shape index (κ1) is 16.3. The maximum atomic E-state index is 12.1. The van der Waals surface area contributed by atoms with Crippen LogP contribution in [0.2, 0.25) is 0 Å². The highest BCUT2D eigenvalue weighted by Crippen LogP contribution is 2.32. The highest BCUT2D eigenvalue weighted by molar-refractivity contribution is 5.89. The molecule has 1 heterocycles. The lowest BCUT2D eigenvalue weighted by Gasteiger charge is -2.33. The molecule has 7 heteroatoms. The number of carbonyl (C=O) groups is 3. The van der Waals surface area contributed by atoms with Crippen LogP contribution in [0.15, 0.2) is 0 Å². The third-order valence-corrected chi connectivity index (χ3v) is 4.01. The van der Waals surface area contributed by atoms with Crippen LogP contribution in [-0.4, -0.2) is 65.0 Å². The molecule has 0 bridgehead atoms. The molecule has 1 rings (SSSR count). The Bertz CT molecular complexity index is 399. The second kappa shape index (κ2) is 6.58. The summed E-state index contributed by atoms with van der Waals surface area (Å²) in [6.07, 6.45) is 1.48. The molecule has 1 atom stereocenters. The lowest BCUT2D eigenvalue weighted by atomic mass is 9.93. The van der Waals surface area contributed by atoms with Crippen LogP contribution in [0, 0.1) is 0 Å². The summed E-state index contributed by atoms with van der Waals surface area (Å²) in [7, 11) is 1.65. The number of urea groups is 1. The van der Waals surface area contributed by atoms with Crippen molar-refractivity contribution < 1.29 is 19.5 Å². The predicted molar refractivity (Wildman–Crippen MR) is 73.3 cm³/mol.